The molecule has 11 heteroatoms. The molecule has 5 aromatic rings. The number of pyridine rings is 1. The van der Waals surface area contributed by atoms with Gasteiger partial charge in [-0.1, -0.05) is 18.2 Å². The van der Waals surface area contributed by atoms with Gasteiger partial charge in [0, 0.05) is 41.5 Å². The van der Waals surface area contributed by atoms with Crippen LogP contribution in [0.3, 0.4) is 0 Å². The largest absolute Gasteiger partial charge is 0.454 e. The summed E-state index contributed by atoms with van der Waals surface area (Å²) in [5.74, 6) is -1.90. The zero-order valence-corrected chi connectivity index (χ0v) is 21.9. The van der Waals surface area contributed by atoms with Crippen molar-refractivity contribution in [3.05, 3.63) is 117 Å². The number of halogens is 2. The van der Waals surface area contributed by atoms with Crippen molar-refractivity contribution < 1.29 is 21.9 Å². The lowest BCUT2D eigenvalue weighted by Crippen LogP contribution is -2.24. The smallest absolute Gasteiger partial charge is 0.272 e. The van der Waals surface area contributed by atoms with Gasteiger partial charge in [0.2, 0.25) is 10.0 Å². The van der Waals surface area contributed by atoms with E-state index in [4.69, 9.17) is 10.00 Å². The van der Waals surface area contributed by atoms with E-state index < -0.39 is 21.7 Å². The van der Waals surface area contributed by atoms with Crippen molar-refractivity contribution in [1.29, 1.82) is 5.26 Å². The van der Waals surface area contributed by atoms with Crippen molar-refractivity contribution in [2.24, 2.45) is 0 Å². The van der Waals surface area contributed by atoms with Gasteiger partial charge in [-0.15, -0.1) is 0 Å². The number of hydrogen-bond donors (Lipinski definition) is 3. The monoisotopic (exact) mass is 560 g/mol. The second kappa shape index (κ2) is 10.8. The number of benzene rings is 3. The molecular weight excluding hydrogens is 538 g/mol. The highest BCUT2D eigenvalue weighted by atomic mass is 32.2. The average Bonchev–Trinajstić information content (AvgIpc) is 3.38. The fraction of sp³-hybridized carbons (Fsp3) is 0.103. The topological polar surface area (TPSA) is 128 Å². The summed E-state index contributed by atoms with van der Waals surface area (Å²) in [4.78, 5) is 18.0. The van der Waals surface area contributed by atoms with Crippen LogP contribution in [-0.2, 0) is 22.3 Å². The SMILES string of the molecule is Cc1c[nH]c(=O)c2[nH]cc(-c3cc(CNS(=O)(=O)Cc4ccc(C#N)cc4)ccc3Oc3ccc(F)cc3F)c12. The summed E-state index contributed by atoms with van der Waals surface area (Å²) in [6, 6.07) is 16.1. The van der Waals surface area contributed by atoms with Crippen LogP contribution in [0.2, 0.25) is 0 Å². The van der Waals surface area contributed by atoms with Crippen LogP contribution in [0.25, 0.3) is 22.0 Å². The Balaban J connectivity index is 1.50. The van der Waals surface area contributed by atoms with Crippen LogP contribution in [0.1, 0.15) is 22.3 Å². The third-order valence-corrected chi connectivity index (χ3v) is 7.60. The lowest BCUT2D eigenvalue weighted by molar-refractivity contribution is 0.439. The van der Waals surface area contributed by atoms with Gasteiger partial charge in [-0.25, -0.2) is 21.9 Å². The molecule has 0 bridgehead atoms. The number of H-pyrrole nitrogens is 2. The van der Waals surface area contributed by atoms with E-state index in [-0.39, 0.29) is 29.4 Å². The molecule has 5 rings (SSSR count). The molecule has 8 nitrogen and oxygen atoms in total. The number of ether oxygens (including phenoxy) is 1. The van der Waals surface area contributed by atoms with Gasteiger partial charge in [0.05, 0.1) is 17.4 Å². The van der Waals surface area contributed by atoms with Gasteiger partial charge >= 0.3 is 0 Å². The van der Waals surface area contributed by atoms with Gasteiger partial charge < -0.3 is 14.7 Å². The van der Waals surface area contributed by atoms with Crippen LogP contribution in [0.15, 0.2) is 77.9 Å². The molecule has 0 radical (unpaired) electrons. The molecule has 3 aromatic carbocycles. The molecule has 0 saturated heterocycles. The van der Waals surface area contributed by atoms with Gasteiger partial charge in [-0.2, -0.15) is 5.26 Å². The maximum Gasteiger partial charge on any atom is 0.272 e. The molecule has 40 heavy (non-hydrogen) atoms. The second-order valence-corrected chi connectivity index (χ2v) is 11.0. The Morgan fingerprint density at radius 1 is 0.925 bits per heavy atom. The number of sulfonamides is 1. The number of nitrogens with zero attached hydrogens (tertiary/aromatic N) is 1. The van der Waals surface area contributed by atoms with Gasteiger partial charge in [-0.05, 0) is 60.0 Å². The molecule has 2 heterocycles. The summed E-state index contributed by atoms with van der Waals surface area (Å²) in [5.41, 5.74) is 3.34. The molecule has 0 saturated carbocycles. The predicted molar refractivity (Wildman–Crippen MR) is 146 cm³/mol. The highest BCUT2D eigenvalue weighted by Crippen LogP contribution is 2.39. The first-order valence-electron chi connectivity index (χ1n) is 12.1. The molecule has 0 fully saturated rings. The molecule has 0 amide bonds. The zero-order chi connectivity index (χ0) is 28.4. The van der Waals surface area contributed by atoms with E-state index in [1.807, 2.05) is 13.0 Å². The Bertz CT molecular complexity index is 1940. The standard InChI is InChI=1S/C29H22F2N4O4S/c1-17-13-34-29(36)28-27(17)23(15-33-28)22-10-20(6-8-25(22)39-26-9-7-21(30)11-24(26)31)14-35-40(37,38)16-19-4-2-18(12-32)3-5-19/h2-11,13,15,33,35H,14,16H2,1H3,(H,34,36). The van der Waals surface area contributed by atoms with Crippen LogP contribution in [0.5, 0.6) is 11.5 Å². The van der Waals surface area contributed by atoms with E-state index in [1.165, 1.54) is 6.07 Å². The molecule has 0 spiro atoms. The van der Waals surface area contributed by atoms with Gasteiger partial charge in [0.1, 0.15) is 17.1 Å². The van der Waals surface area contributed by atoms with Crippen molar-refractivity contribution in [1.82, 2.24) is 14.7 Å². The number of nitrogens with one attached hydrogen (secondary N) is 3. The van der Waals surface area contributed by atoms with Crippen molar-refractivity contribution in [2.45, 2.75) is 19.2 Å². The van der Waals surface area contributed by atoms with E-state index in [0.29, 0.717) is 44.8 Å². The van der Waals surface area contributed by atoms with Crippen LogP contribution in [0, 0.1) is 29.9 Å². The third-order valence-electron chi connectivity index (χ3n) is 6.31. The summed E-state index contributed by atoms with van der Waals surface area (Å²) in [6.07, 6.45) is 3.19. The second-order valence-electron chi connectivity index (χ2n) is 9.15. The van der Waals surface area contributed by atoms with E-state index in [9.17, 15) is 22.0 Å². The highest BCUT2D eigenvalue weighted by molar-refractivity contribution is 7.88. The molecular formula is C29H22F2N4O4S. The summed E-state index contributed by atoms with van der Waals surface area (Å²) >= 11 is 0. The fourth-order valence-electron chi connectivity index (χ4n) is 4.34. The summed E-state index contributed by atoms with van der Waals surface area (Å²) in [6.45, 7) is 1.76. The van der Waals surface area contributed by atoms with Crippen molar-refractivity contribution in [3.63, 3.8) is 0 Å². The molecule has 2 aromatic heterocycles. The first-order valence-corrected chi connectivity index (χ1v) is 13.7. The molecule has 0 aliphatic rings. The minimum atomic E-state index is -3.74. The van der Waals surface area contributed by atoms with E-state index in [2.05, 4.69) is 14.7 Å². The van der Waals surface area contributed by atoms with Crippen LogP contribution in [-0.4, -0.2) is 18.4 Å². The minimum Gasteiger partial charge on any atom is -0.454 e. The summed E-state index contributed by atoms with van der Waals surface area (Å²) in [5, 5.41) is 9.55. The molecule has 0 aliphatic carbocycles. The minimum absolute atomic E-state index is 0.0568. The highest BCUT2D eigenvalue weighted by Gasteiger charge is 2.19. The maximum absolute atomic E-state index is 14.4. The van der Waals surface area contributed by atoms with Crippen molar-refractivity contribution in [2.75, 3.05) is 0 Å². The number of hydrogen-bond acceptors (Lipinski definition) is 5. The van der Waals surface area contributed by atoms with E-state index in [0.717, 1.165) is 11.6 Å². The molecule has 3 N–H and O–H groups in total. The third kappa shape index (κ3) is 5.63. The van der Waals surface area contributed by atoms with Crippen molar-refractivity contribution >= 4 is 20.9 Å². The van der Waals surface area contributed by atoms with Crippen molar-refractivity contribution in [3.8, 4) is 28.7 Å². The Labute approximate surface area is 227 Å². The van der Waals surface area contributed by atoms with E-state index >= 15 is 0 Å². The Hall–Kier alpha value is -4.79. The number of aromatic nitrogens is 2. The number of fused-ring (bicyclic) bond motifs is 1. The lowest BCUT2D eigenvalue weighted by Gasteiger charge is -2.14. The fourth-order valence-corrected chi connectivity index (χ4v) is 5.46. The Morgan fingerprint density at radius 2 is 1.65 bits per heavy atom. The number of rotatable bonds is 8. The van der Waals surface area contributed by atoms with Crippen LogP contribution >= 0.6 is 0 Å². The number of aryl methyl sites for hydroxylation is 1. The first kappa shape index (κ1) is 26.8. The molecule has 0 aliphatic heterocycles. The van der Waals surface area contributed by atoms with Crippen LogP contribution in [0.4, 0.5) is 8.78 Å². The summed E-state index contributed by atoms with van der Waals surface area (Å²) in [7, 11) is -3.74. The van der Waals surface area contributed by atoms with Crippen LogP contribution < -0.4 is 15.0 Å². The number of nitriles is 1. The molecule has 0 atom stereocenters. The summed E-state index contributed by atoms with van der Waals surface area (Å²) < 4.78 is 61.8. The van der Waals surface area contributed by atoms with Gasteiger partial charge in [0.15, 0.2) is 11.6 Å². The zero-order valence-electron chi connectivity index (χ0n) is 21.1. The van der Waals surface area contributed by atoms with E-state index in [1.54, 1.807) is 54.9 Å². The Morgan fingerprint density at radius 3 is 2.38 bits per heavy atom. The quantitative estimate of drug-likeness (QED) is 0.234. The molecule has 202 valence electrons. The van der Waals surface area contributed by atoms with Gasteiger partial charge in [0.25, 0.3) is 5.56 Å². The Kier molecular flexibility index (Phi) is 7.21. The van der Waals surface area contributed by atoms with Gasteiger partial charge in [-0.3, -0.25) is 4.79 Å². The maximum atomic E-state index is 14.4. The normalized spacial score (nSPS) is 11.4. The lowest BCUT2D eigenvalue weighted by atomic mass is 9.99. The number of aromatic amines is 2. The first-order chi connectivity index (χ1) is 19.1. The predicted octanol–water partition coefficient (Wildman–Crippen LogP) is 5.39. The molecule has 0 unspecified atom stereocenters. The average molecular weight is 561 g/mol.